The van der Waals surface area contributed by atoms with E-state index in [1.807, 2.05) is 36.6 Å². The molecule has 0 radical (unpaired) electrons. The van der Waals surface area contributed by atoms with Crippen LogP contribution in [0.4, 0.5) is 0 Å². The van der Waals surface area contributed by atoms with Crippen molar-refractivity contribution in [2.75, 3.05) is 26.9 Å². The van der Waals surface area contributed by atoms with E-state index >= 15 is 0 Å². The number of rotatable bonds is 8. The SMILES string of the molecule is CCOC(=O)c1cccc(-n2c(C)cc(/C=C(\C#N)C(=O)OCCOC)c2C)c1. The fourth-order valence-corrected chi connectivity index (χ4v) is 2.91. The van der Waals surface area contributed by atoms with E-state index in [2.05, 4.69) is 0 Å². The molecule has 1 aromatic heterocycles. The van der Waals surface area contributed by atoms with Gasteiger partial charge >= 0.3 is 11.9 Å². The molecule has 0 bridgehead atoms. The van der Waals surface area contributed by atoms with Gasteiger partial charge in [-0.05, 0) is 56.7 Å². The molecule has 152 valence electrons. The van der Waals surface area contributed by atoms with Crippen LogP contribution in [-0.4, -0.2) is 43.4 Å². The number of benzene rings is 1. The quantitative estimate of drug-likeness (QED) is 0.294. The highest BCUT2D eigenvalue weighted by Gasteiger charge is 2.16. The van der Waals surface area contributed by atoms with Crippen LogP contribution in [0.2, 0.25) is 0 Å². The standard InChI is InChI=1S/C22H24N2O5/c1-5-28-21(25)17-7-6-8-20(13-17)24-15(2)11-18(16(24)3)12-19(14-23)22(26)29-10-9-27-4/h6-8,11-13H,5,9-10H2,1-4H3/b19-12+. The average Bonchev–Trinajstić information content (AvgIpc) is 2.99. The first-order chi connectivity index (χ1) is 13.9. The molecule has 7 heteroatoms. The highest BCUT2D eigenvalue weighted by atomic mass is 16.6. The third-order valence-corrected chi connectivity index (χ3v) is 4.25. The lowest BCUT2D eigenvalue weighted by atomic mass is 10.1. The van der Waals surface area contributed by atoms with Gasteiger partial charge in [-0.1, -0.05) is 6.07 Å². The third-order valence-electron chi connectivity index (χ3n) is 4.25. The van der Waals surface area contributed by atoms with Crippen molar-refractivity contribution in [3.05, 3.63) is 58.4 Å². The smallest absolute Gasteiger partial charge is 0.348 e. The normalized spacial score (nSPS) is 11.1. The van der Waals surface area contributed by atoms with E-state index in [0.29, 0.717) is 17.7 Å². The fraction of sp³-hybridized carbons (Fsp3) is 0.318. The predicted octanol–water partition coefficient (Wildman–Crippen LogP) is 3.37. The number of methoxy groups -OCH3 is 1. The van der Waals surface area contributed by atoms with Crippen molar-refractivity contribution in [1.29, 1.82) is 5.26 Å². The van der Waals surface area contributed by atoms with Crippen LogP contribution in [0.3, 0.4) is 0 Å². The Hall–Kier alpha value is -3.37. The monoisotopic (exact) mass is 396 g/mol. The maximum atomic E-state index is 12.1. The molecule has 0 unspecified atom stereocenters. The van der Waals surface area contributed by atoms with Crippen LogP contribution >= 0.6 is 0 Å². The molecule has 29 heavy (non-hydrogen) atoms. The Morgan fingerprint density at radius 2 is 1.93 bits per heavy atom. The molecule has 1 aromatic carbocycles. The van der Waals surface area contributed by atoms with Crippen molar-refractivity contribution in [3.8, 4) is 11.8 Å². The van der Waals surface area contributed by atoms with Crippen molar-refractivity contribution >= 4 is 18.0 Å². The van der Waals surface area contributed by atoms with Gasteiger partial charge < -0.3 is 18.8 Å². The Labute approximate surface area is 170 Å². The van der Waals surface area contributed by atoms with E-state index in [4.69, 9.17) is 14.2 Å². The summed E-state index contributed by atoms with van der Waals surface area (Å²) in [6.45, 7) is 6.18. The second-order valence-electron chi connectivity index (χ2n) is 6.23. The molecule has 0 atom stereocenters. The molecule has 7 nitrogen and oxygen atoms in total. The number of hydrogen-bond acceptors (Lipinski definition) is 6. The number of nitrogens with zero attached hydrogens (tertiary/aromatic N) is 2. The molecular weight excluding hydrogens is 372 g/mol. The minimum atomic E-state index is -0.696. The van der Waals surface area contributed by atoms with Crippen molar-refractivity contribution in [2.45, 2.75) is 20.8 Å². The summed E-state index contributed by atoms with van der Waals surface area (Å²) in [6, 6.07) is 10.9. The first-order valence-electron chi connectivity index (χ1n) is 9.17. The van der Waals surface area contributed by atoms with Crippen molar-refractivity contribution in [2.24, 2.45) is 0 Å². The lowest BCUT2D eigenvalue weighted by Gasteiger charge is -2.11. The van der Waals surface area contributed by atoms with Crippen LogP contribution in [0.25, 0.3) is 11.8 Å². The maximum Gasteiger partial charge on any atom is 0.348 e. The minimum absolute atomic E-state index is 0.0774. The summed E-state index contributed by atoms with van der Waals surface area (Å²) in [5.74, 6) is -1.08. The van der Waals surface area contributed by atoms with Crippen LogP contribution in [-0.2, 0) is 19.0 Å². The number of aryl methyl sites for hydroxylation is 1. The van der Waals surface area contributed by atoms with E-state index in [1.165, 1.54) is 13.2 Å². The Balaban J connectivity index is 2.38. The Kier molecular flexibility index (Phi) is 7.75. The van der Waals surface area contributed by atoms with Gasteiger partial charge in [0.05, 0.1) is 18.8 Å². The minimum Gasteiger partial charge on any atom is -0.462 e. The Morgan fingerprint density at radius 3 is 2.59 bits per heavy atom. The molecule has 0 fully saturated rings. The van der Waals surface area contributed by atoms with Crippen LogP contribution in [0.5, 0.6) is 0 Å². The van der Waals surface area contributed by atoms with Gasteiger partial charge in [0.15, 0.2) is 0 Å². The first-order valence-corrected chi connectivity index (χ1v) is 9.17. The van der Waals surface area contributed by atoms with E-state index in [1.54, 1.807) is 25.1 Å². The fourth-order valence-electron chi connectivity index (χ4n) is 2.91. The maximum absolute atomic E-state index is 12.1. The van der Waals surface area contributed by atoms with Gasteiger partial charge in [0.1, 0.15) is 18.2 Å². The van der Waals surface area contributed by atoms with Gasteiger partial charge in [0.2, 0.25) is 0 Å². The Morgan fingerprint density at radius 1 is 1.17 bits per heavy atom. The van der Waals surface area contributed by atoms with E-state index in [9.17, 15) is 14.9 Å². The van der Waals surface area contributed by atoms with Crippen LogP contribution in [0.1, 0.15) is 34.2 Å². The van der Waals surface area contributed by atoms with Gasteiger partial charge in [-0.25, -0.2) is 9.59 Å². The molecule has 0 spiro atoms. The zero-order valence-electron chi connectivity index (χ0n) is 17.0. The van der Waals surface area contributed by atoms with Gasteiger partial charge in [-0.3, -0.25) is 0 Å². The lowest BCUT2D eigenvalue weighted by molar-refractivity contribution is -0.139. The number of carbonyl (C=O) groups is 2. The number of hydrogen-bond donors (Lipinski definition) is 0. The van der Waals surface area contributed by atoms with Crippen LogP contribution in [0.15, 0.2) is 35.9 Å². The van der Waals surface area contributed by atoms with Crippen molar-refractivity contribution in [1.82, 2.24) is 4.57 Å². The number of nitriles is 1. The molecule has 0 amide bonds. The largest absolute Gasteiger partial charge is 0.462 e. The molecule has 0 N–H and O–H groups in total. The molecule has 0 saturated heterocycles. The summed E-state index contributed by atoms with van der Waals surface area (Å²) in [6.07, 6.45) is 1.50. The van der Waals surface area contributed by atoms with Crippen LogP contribution < -0.4 is 0 Å². The molecule has 0 aliphatic carbocycles. The lowest BCUT2D eigenvalue weighted by Crippen LogP contribution is -2.11. The molecule has 2 rings (SSSR count). The molecule has 0 aliphatic heterocycles. The van der Waals surface area contributed by atoms with Gasteiger partial charge in [0.25, 0.3) is 0 Å². The molecule has 1 heterocycles. The highest BCUT2D eigenvalue weighted by Crippen LogP contribution is 2.24. The molecule has 0 aliphatic rings. The summed E-state index contributed by atoms with van der Waals surface area (Å²) in [4.78, 5) is 24.1. The number of esters is 2. The summed E-state index contributed by atoms with van der Waals surface area (Å²) in [5.41, 5.74) is 3.56. The van der Waals surface area contributed by atoms with E-state index in [-0.39, 0.29) is 24.8 Å². The predicted molar refractivity (Wildman–Crippen MR) is 108 cm³/mol. The molecule has 0 saturated carbocycles. The van der Waals surface area contributed by atoms with Gasteiger partial charge in [-0.15, -0.1) is 0 Å². The summed E-state index contributed by atoms with van der Waals surface area (Å²) in [5, 5.41) is 9.34. The number of aromatic nitrogens is 1. The summed E-state index contributed by atoms with van der Waals surface area (Å²) >= 11 is 0. The topological polar surface area (TPSA) is 90.6 Å². The second kappa shape index (κ2) is 10.2. The van der Waals surface area contributed by atoms with Gasteiger partial charge in [-0.2, -0.15) is 5.26 Å². The zero-order valence-corrected chi connectivity index (χ0v) is 17.0. The van der Waals surface area contributed by atoms with E-state index in [0.717, 1.165) is 17.1 Å². The number of carbonyl (C=O) groups excluding carboxylic acids is 2. The second-order valence-corrected chi connectivity index (χ2v) is 6.23. The number of ether oxygens (including phenoxy) is 3. The summed E-state index contributed by atoms with van der Waals surface area (Å²) in [7, 11) is 1.50. The van der Waals surface area contributed by atoms with Crippen molar-refractivity contribution in [3.63, 3.8) is 0 Å². The highest BCUT2D eigenvalue weighted by molar-refractivity contribution is 5.98. The third kappa shape index (κ3) is 5.33. The summed E-state index contributed by atoms with van der Waals surface area (Å²) < 4.78 is 16.9. The molecular formula is C22H24N2O5. The average molecular weight is 396 g/mol. The van der Waals surface area contributed by atoms with E-state index < -0.39 is 5.97 Å². The molecule has 2 aromatic rings. The first kappa shape index (κ1) is 21.9. The van der Waals surface area contributed by atoms with Gasteiger partial charge in [0, 0.05) is 24.2 Å². The Bertz CT molecular complexity index is 966. The van der Waals surface area contributed by atoms with Crippen molar-refractivity contribution < 1.29 is 23.8 Å². The van der Waals surface area contributed by atoms with Crippen LogP contribution in [0, 0.1) is 25.2 Å². The zero-order chi connectivity index (χ0) is 21.4.